The number of fused-ring (bicyclic) bond motifs is 1. The lowest BCUT2D eigenvalue weighted by Crippen LogP contribution is -2.54. The Morgan fingerprint density at radius 3 is 2.96 bits per heavy atom. The molecule has 0 spiro atoms. The number of hydrogen-bond donors (Lipinski definition) is 0. The first-order valence-corrected chi connectivity index (χ1v) is 8.00. The Morgan fingerprint density at radius 1 is 1.33 bits per heavy atom. The third kappa shape index (κ3) is 2.42. The summed E-state index contributed by atoms with van der Waals surface area (Å²) < 4.78 is 7.11. The minimum Gasteiger partial charge on any atom is -0.464 e. The van der Waals surface area contributed by atoms with Crippen LogP contribution in [-0.2, 0) is 7.05 Å². The van der Waals surface area contributed by atoms with E-state index in [0.29, 0.717) is 12.1 Å². The van der Waals surface area contributed by atoms with Crippen molar-refractivity contribution in [1.29, 1.82) is 0 Å². The summed E-state index contributed by atoms with van der Waals surface area (Å²) in [5.74, 6) is 0.950. The predicted octanol–water partition coefficient (Wildman–Crippen LogP) is 1.91. The predicted molar refractivity (Wildman–Crippen MR) is 89.9 cm³/mol. The number of carbonyl (C=O) groups is 1. The van der Waals surface area contributed by atoms with Crippen LogP contribution in [0, 0.1) is 0 Å². The van der Waals surface area contributed by atoms with Gasteiger partial charge in [0.2, 0.25) is 0 Å². The summed E-state index contributed by atoms with van der Waals surface area (Å²) in [6.45, 7) is 4.21. The van der Waals surface area contributed by atoms with Gasteiger partial charge < -0.3 is 14.2 Å². The fourth-order valence-electron chi connectivity index (χ4n) is 3.28. The molecule has 1 unspecified atom stereocenters. The lowest BCUT2D eigenvalue weighted by Gasteiger charge is -2.40. The number of carbonyl (C=O) groups excluding carboxylic acids is 1. The molecule has 7 heteroatoms. The molecule has 7 nitrogen and oxygen atoms in total. The lowest BCUT2D eigenvalue weighted by atomic mass is 10.1. The largest absolute Gasteiger partial charge is 0.464 e. The van der Waals surface area contributed by atoms with Crippen LogP contribution in [0.15, 0.2) is 41.4 Å². The molecule has 1 atom stereocenters. The van der Waals surface area contributed by atoms with Gasteiger partial charge in [-0.25, -0.2) is 4.98 Å². The maximum Gasteiger partial charge on any atom is 0.257 e. The Morgan fingerprint density at radius 2 is 2.21 bits per heavy atom. The highest BCUT2D eigenvalue weighted by Gasteiger charge is 2.30. The topological polar surface area (TPSA) is 67.4 Å². The third-order valence-corrected chi connectivity index (χ3v) is 4.50. The summed E-state index contributed by atoms with van der Waals surface area (Å²) in [4.78, 5) is 21.3. The lowest BCUT2D eigenvalue weighted by molar-refractivity contribution is 0.0674. The Balaban J connectivity index is 1.54. The van der Waals surface area contributed by atoms with E-state index in [2.05, 4.69) is 21.9 Å². The van der Waals surface area contributed by atoms with Gasteiger partial charge in [0.1, 0.15) is 11.4 Å². The average molecular weight is 325 g/mol. The highest BCUT2D eigenvalue weighted by molar-refractivity contribution is 5.94. The molecule has 0 N–H and O–H groups in total. The zero-order valence-corrected chi connectivity index (χ0v) is 13.7. The van der Waals surface area contributed by atoms with Crippen LogP contribution in [0.25, 0.3) is 11.0 Å². The van der Waals surface area contributed by atoms with Gasteiger partial charge in [-0.2, -0.15) is 5.10 Å². The van der Waals surface area contributed by atoms with Gasteiger partial charge in [-0.1, -0.05) is 0 Å². The molecule has 4 rings (SSSR count). The van der Waals surface area contributed by atoms with Crippen LogP contribution in [0.4, 0.5) is 5.82 Å². The number of aromatic nitrogens is 3. The molecule has 1 amide bonds. The summed E-state index contributed by atoms with van der Waals surface area (Å²) in [5, 5.41) is 5.10. The van der Waals surface area contributed by atoms with Gasteiger partial charge in [0.05, 0.1) is 23.4 Å². The van der Waals surface area contributed by atoms with Crippen molar-refractivity contribution in [3.05, 3.63) is 42.5 Å². The van der Waals surface area contributed by atoms with Crippen molar-refractivity contribution in [3.63, 3.8) is 0 Å². The molecule has 0 aromatic carbocycles. The molecule has 1 saturated heterocycles. The van der Waals surface area contributed by atoms with Crippen molar-refractivity contribution in [2.45, 2.75) is 13.0 Å². The van der Waals surface area contributed by atoms with Crippen LogP contribution >= 0.6 is 0 Å². The number of amides is 1. The van der Waals surface area contributed by atoms with E-state index >= 15 is 0 Å². The smallest absolute Gasteiger partial charge is 0.257 e. The van der Waals surface area contributed by atoms with Gasteiger partial charge in [0.15, 0.2) is 0 Å². The van der Waals surface area contributed by atoms with Gasteiger partial charge in [-0.15, -0.1) is 0 Å². The summed E-state index contributed by atoms with van der Waals surface area (Å²) in [6.07, 6.45) is 6.82. The van der Waals surface area contributed by atoms with Crippen LogP contribution in [0.3, 0.4) is 0 Å². The molecule has 1 aliphatic rings. The van der Waals surface area contributed by atoms with E-state index in [1.165, 1.54) is 0 Å². The fraction of sp³-hybridized carbons (Fsp3) is 0.353. The molecular weight excluding hydrogens is 306 g/mol. The molecule has 0 saturated carbocycles. The van der Waals surface area contributed by atoms with Crippen molar-refractivity contribution in [2.24, 2.45) is 7.05 Å². The van der Waals surface area contributed by atoms with Crippen LogP contribution in [0.1, 0.15) is 17.3 Å². The number of aryl methyl sites for hydroxylation is 1. The van der Waals surface area contributed by atoms with Crippen LogP contribution in [0.5, 0.6) is 0 Å². The molecule has 0 bridgehead atoms. The number of furan rings is 1. The molecule has 1 fully saturated rings. The van der Waals surface area contributed by atoms with Crippen LogP contribution < -0.4 is 4.90 Å². The molecule has 4 heterocycles. The highest BCUT2D eigenvalue weighted by Crippen LogP contribution is 2.27. The summed E-state index contributed by atoms with van der Waals surface area (Å²) in [7, 11) is 1.81. The fourth-order valence-corrected chi connectivity index (χ4v) is 3.28. The molecule has 1 aliphatic heterocycles. The average Bonchev–Trinajstić information content (AvgIpc) is 3.22. The SMILES string of the molecule is CC1CN(c2nccc3occc23)CCN1C(=O)c1cnn(C)c1. The molecule has 0 radical (unpaired) electrons. The Labute approximate surface area is 139 Å². The van der Waals surface area contributed by atoms with Crippen molar-refractivity contribution in [3.8, 4) is 0 Å². The summed E-state index contributed by atoms with van der Waals surface area (Å²) in [6, 6.07) is 3.90. The number of rotatable bonds is 2. The molecule has 0 aliphatic carbocycles. The van der Waals surface area contributed by atoms with Crippen LogP contribution in [-0.4, -0.2) is 51.2 Å². The molecule has 3 aromatic rings. The van der Waals surface area contributed by atoms with Crippen LogP contribution in [0.2, 0.25) is 0 Å². The number of piperazine rings is 1. The van der Waals surface area contributed by atoms with Crippen molar-refractivity contribution in [1.82, 2.24) is 19.7 Å². The van der Waals surface area contributed by atoms with Gasteiger partial charge >= 0.3 is 0 Å². The molecular formula is C17H19N5O2. The first-order valence-electron chi connectivity index (χ1n) is 8.00. The minimum absolute atomic E-state index is 0.0322. The van der Waals surface area contributed by atoms with E-state index in [0.717, 1.165) is 29.9 Å². The van der Waals surface area contributed by atoms with Gasteiger partial charge in [-0.05, 0) is 19.1 Å². The number of nitrogens with zero attached hydrogens (tertiary/aromatic N) is 5. The van der Waals surface area contributed by atoms with E-state index in [9.17, 15) is 4.79 Å². The quantitative estimate of drug-likeness (QED) is 0.720. The normalized spacial score (nSPS) is 18.3. The maximum atomic E-state index is 12.7. The van der Waals surface area contributed by atoms with Gasteiger partial charge in [0, 0.05) is 45.1 Å². The molecule has 3 aromatic heterocycles. The third-order valence-electron chi connectivity index (χ3n) is 4.50. The van der Waals surface area contributed by atoms with E-state index in [-0.39, 0.29) is 11.9 Å². The van der Waals surface area contributed by atoms with Crippen molar-refractivity contribution >= 4 is 22.7 Å². The summed E-state index contributed by atoms with van der Waals surface area (Å²) >= 11 is 0. The maximum absolute atomic E-state index is 12.7. The van der Waals surface area contributed by atoms with Gasteiger partial charge in [0.25, 0.3) is 5.91 Å². The Kier molecular flexibility index (Phi) is 3.48. The minimum atomic E-state index is 0.0322. The second kappa shape index (κ2) is 5.67. The molecule has 24 heavy (non-hydrogen) atoms. The van der Waals surface area contributed by atoms with Crippen molar-refractivity contribution < 1.29 is 9.21 Å². The number of hydrogen-bond acceptors (Lipinski definition) is 5. The Hall–Kier alpha value is -2.83. The second-order valence-corrected chi connectivity index (χ2v) is 6.16. The van der Waals surface area contributed by atoms with E-state index in [1.807, 2.05) is 24.1 Å². The molecule has 124 valence electrons. The first-order chi connectivity index (χ1) is 11.6. The summed E-state index contributed by atoms with van der Waals surface area (Å²) in [5.41, 5.74) is 1.47. The van der Waals surface area contributed by atoms with E-state index in [1.54, 1.807) is 29.5 Å². The number of pyridine rings is 1. The van der Waals surface area contributed by atoms with E-state index < -0.39 is 0 Å². The Bertz CT molecular complexity index is 884. The number of anilines is 1. The first kappa shape index (κ1) is 14.7. The highest BCUT2D eigenvalue weighted by atomic mass is 16.3. The zero-order chi connectivity index (χ0) is 16.7. The van der Waals surface area contributed by atoms with Crippen molar-refractivity contribution in [2.75, 3.05) is 24.5 Å². The zero-order valence-electron chi connectivity index (χ0n) is 13.7. The van der Waals surface area contributed by atoms with E-state index in [4.69, 9.17) is 4.42 Å². The van der Waals surface area contributed by atoms with Gasteiger partial charge in [-0.3, -0.25) is 9.48 Å². The second-order valence-electron chi connectivity index (χ2n) is 6.16. The monoisotopic (exact) mass is 325 g/mol. The standard InChI is InChI=1S/C17H19N5O2/c1-12-10-21(16-14-4-8-24-15(14)3-5-18-16)6-7-22(12)17(23)13-9-19-20(2)11-13/h3-5,8-9,11-12H,6-7,10H2,1-2H3.